The molecule has 2 aromatic heterocycles. The van der Waals surface area contributed by atoms with E-state index in [1.54, 1.807) is 12.4 Å². The van der Waals surface area contributed by atoms with Gasteiger partial charge in [0.25, 0.3) is 0 Å². The van der Waals surface area contributed by atoms with E-state index in [2.05, 4.69) is 23.8 Å². The van der Waals surface area contributed by atoms with Crippen LogP contribution in [0.4, 0.5) is 23.2 Å². The van der Waals surface area contributed by atoms with Crippen molar-refractivity contribution < 1.29 is 27.1 Å². The number of ether oxygens (including phenoxy) is 1. The summed E-state index contributed by atoms with van der Waals surface area (Å²) < 4.78 is 63.6. The van der Waals surface area contributed by atoms with Gasteiger partial charge in [-0.2, -0.15) is 17.6 Å². The lowest BCUT2D eigenvalue weighted by Crippen LogP contribution is -2.59. The van der Waals surface area contributed by atoms with Crippen LogP contribution in [0.2, 0.25) is 0 Å². The van der Waals surface area contributed by atoms with Gasteiger partial charge in [-0.05, 0) is 37.5 Å². The first-order valence-electron chi connectivity index (χ1n) is 13.2. The van der Waals surface area contributed by atoms with Crippen molar-refractivity contribution in [3.63, 3.8) is 0 Å². The highest BCUT2D eigenvalue weighted by Gasteiger charge is 2.63. The van der Waals surface area contributed by atoms with Crippen LogP contribution >= 0.6 is 11.8 Å². The minimum atomic E-state index is -4.10. The van der Waals surface area contributed by atoms with Crippen molar-refractivity contribution in [1.82, 2.24) is 14.5 Å². The van der Waals surface area contributed by atoms with Gasteiger partial charge in [-0.3, -0.25) is 4.79 Å². The number of anilines is 1. The molecule has 4 aliphatic rings. The molecule has 0 N–H and O–H groups in total. The van der Waals surface area contributed by atoms with Gasteiger partial charge in [-0.25, -0.2) is 9.97 Å². The van der Waals surface area contributed by atoms with Crippen LogP contribution in [0, 0.1) is 11.8 Å². The monoisotopic (exact) mass is 542 g/mol. The molecule has 2 aromatic rings. The summed E-state index contributed by atoms with van der Waals surface area (Å²) in [5, 5.41) is 0.379. The van der Waals surface area contributed by atoms with E-state index >= 15 is 0 Å². The molecule has 11 heteroatoms. The molecular formula is C26H34F4N4O2S. The van der Waals surface area contributed by atoms with Gasteiger partial charge in [0, 0.05) is 17.5 Å². The molecule has 1 unspecified atom stereocenters. The fourth-order valence-electron chi connectivity index (χ4n) is 5.74. The number of rotatable bonds is 12. The molecule has 37 heavy (non-hydrogen) atoms. The molecule has 1 atom stereocenters. The Morgan fingerprint density at radius 3 is 2.49 bits per heavy atom. The molecule has 204 valence electrons. The predicted molar refractivity (Wildman–Crippen MR) is 135 cm³/mol. The standard InChI is InChI=1S/C26H34F4N4O2S/c1-3-5-6-17(4-2)14-36-21(35)7-8-37-23-31-12-19-22(32-23)20(13-34(19)24-9-18(10-24)11-24)33-15-25(27,28)26(29,30)16-33/h12-13,17-18H,3-11,14-16H2,1-2H3. The SMILES string of the molecule is CCCCC(CC)COC(=O)CCSc1ncc2c(n1)c(N1CC(F)(F)C(F)(F)C1)cn2C12CC(C1)C2. The zero-order chi connectivity index (χ0) is 26.4. The van der Waals surface area contributed by atoms with Crippen LogP contribution in [0.1, 0.15) is 65.2 Å². The minimum Gasteiger partial charge on any atom is -0.465 e. The van der Waals surface area contributed by atoms with Crippen LogP contribution in [-0.4, -0.2) is 57.8 Å². The van der Waals surface area contributed by atoms with Crippen LogP contribution in [0.5, 0.6) is 0 Å². The first-order chi connectivity index (χ1) is 17.6. The summed E-state index contributed by atoms with van der Waals surface area (Å²) in [6.07, 6.45) is 10.8. The number of halogens is 4. The summed E-state index contributed by atoms with van der Waals surface area (Å²) in [5.74, 6) is -7.03. The number of fused-ring (bicyclic) bond motifs is 1. The summed E-state index contributed by atoms with van der Waals surface area (Å²) in [7, 11) is 0. The fraction of sp³-hybridized carbons (Fsp3) is 0.731. The Hall–Kier alpha value is -2.04. The van der Waals surface area contributed by atoms with E-state index in [0.717, 1.165) is 49.8 Å². The van der Waals surface area contributed by atoms with Crippen LogP contribution in [0.15, 0.2) is 17.6 Å². The summed E-state index contributed by atoms with van der Waals surface area (Å²) in [5.41, 5.74) is 1.28. The van der Waals surface area contributed by atoms with E-state index in [1.807, 2.05) is 4.57 Å². The van der Waals surface area contributed by atoms with Crippen molar-refractivity contribution in [1.29, 1.82) is 0 Å². The maximum absolute atomic E-state index is 14.0. The highest BCUT2D eigenvalue weighted by Crippen LogP contribution is 2.63. The minimum absolute atomic E-state index is 0.0822. The molecule has 6 nitrogen and oxygen atoms in total. The van der Waals surface area contributed by atoms with Crippen molar-refractivity contribution in [2.24, 2.45) is 11.8 Å². The van der Waals surface area contributed by atoms with Gasteiger partial charge in [0.15, 0.2) is 5.16 Å². The molecule has 3 heterocycles. The molecule has 4 fully saturated rings. The summed E-state index contributed by atoms with van der Waals surface area (Å²) in [6.45, 7) is 2.55. The zero-order valence-electron chi connectivity index (χ0n) is 21.3. The average Bonchev–Trinajstić information content (AvgIpc) is 3.25. The van der Waals surface area contributed by atoms with Crippen molar-refractivity contribution in [3.8, 4) is 0 Å². The Morgan fingerprint density at radius 2 is 1.89 bits per heavy atom. The molecule has 2 bridgehead atoms. The molecule has 1 saturated heterocycles. The number of carbonyl (C=O) groups excluding carboxylic acids is 1. The molecule has 0 spiro atoms. The summed E-state index contributed by atoms with van der Waals surface area (Å²) >= 11 is 1.27. The number of hydrogen-bond donors (Lipinski definition) is 0. The predicted octanol–water partition coefficient (Wildman–Crippen LogP) is 6.27. The number of unbranched alkanes of at least 4 members (excludes halogenated alkanes) is 1. The van der Waals surface area contributed by atoms with Gasteiger partial charge in [-0.1, -0.05) is 44.9 Å². The third-order valence-electron chi connectivity index (χ3n) is 8.23. The first-order valence-corrected chi connectivity index (χ1v) is 14.2. The lowest BCUT2D eigenvalue weighted by molar-refractivity contribution is -0.172. The number of nitrogens with zero attached hydrogens (tertiary/aromatic N) is 4. The van der Waals surface area contributed by atoms with E-state index in [-0.39, 0.29) is 23.6 Å². The molecule has 0 aromatic carbocycles. The lowest BCUT2D eigenvalue weighted by Gasteiger charge is -2.62. The number of aromatic nitrogens is 3. The second-order valence-corrected chi connectivity index (χ2v) is 12.0. The van der Waals surface area contributed by atoms with Crippen LogP contribution < -0.4 is 4.90 Å². The molecule has 0 amide bonds. The van der Waals surface area contributed by atoms with Crippen LogP contribution in [0.25, 0.3) is 11.0 Å². The van der Waals surface area contributed by atoms with E-state index in [0.29, 0.717) is 40.4 Å². The first kappa shape index (κ1) is 26.6. The lowest BCUT2D eigenvalue weighted by atomic mass is 9.49. The largest absolute Gasteiger partial charge is 0.465 e. The number of esters is 1. The Morgan fingerprint density at radius 1 is 1.19 bits per heavy atom. The molecule has 3 saturated carbocycles. The van der Waals surface area contributed by atoms with E-state index in [1.165, 1.54) is 11.8 Å². The number of thioether (sulfide) groups is 1. The topological polar surface area (TPSA) is 60.2 Å². The Kier molecular flexibility index (Phi) is 7.13. The van der Waals surface area contributed by atoms with E-state index < -0.39 is 24.9 Å². The summed E-state index contributed by atoms with van der Waals surface area (Å²) in [6, 6.07) is 0. The zero-order valence-corrected chi connectivity index (χ0v) is 22.1. The third-order valence-corrected chi connectivity index (χ3v) is 9.10. The number of carbonyl (C=O) groups is 1. The second kappa shape index (κ2) is 9.93. The molecule has 0 radical (unpaired) electrons. The highest BCUT2D eigenvalue weighted by molar-refractivity contribution is 7.99. The van der Waals surface area contributed by atoms with Crippen LogP contribution in [0.3, 0.4) is 0 Å². The van der Waals surface area contributed by atoms with Gasteiger partial charge in [0.1, 0.15) is 5.52 Å². The molecule has 3 aliphatic carbocycles. The number of alkyl halides is 4. The Balaban J connectivity index is 1.28. The van der Waals surface area contributed by atoms with Gasteiger partial charge >= 0.3 is 17.8 Å². The Labute approximate surface area is 218 Å². The van der Waals surface area contributed by atoms with E-state index in [9.17, 15) is 22.4 Å². The highest BCUT2D eigenvalue weighted by atomic mass is 32.2. The maximum atomic E-state index is 14.0. The quantitative estimate of drug-likeness (QED) is 0.136. The summed E-state index contributed by atoms with van der Waals surface area (Å²) in [4.78, 5) is 22.3. The van der Waals surface area contributed by atoms with Crippen molar-refractivity contribution in [3.05, 3.63) is 12.4 Å². The maximum Gasteiger partial charge on any atom is 0.329 e. The molecular weight excluding hydrogens is 508 g/mol. The van der Waals surface area contributed by atoms with Gasteiger partial charge in [-0.15, -0.1) is 0 Å². The molecule has 6 rings (SSSR count). The average molecular weight is 543 g/mol. The second-order valence-electron chi connectivity index (χ2n) is 10.9. The molecule has 1 aliphatic heterocycles. The van der Waals surface area contributed by atoms with Crippen LogP contribution in [-0.2, 0) is 15.1 Å². The van der Waals surface area contributed by atoms with Crippen molar-refractivity contribution in [2.45, 2.75) is 87.8 Å². The van der Waals surface area contributed by atoms with Gasteiger partial charge in [0.2, 0.25) is 0 Å². The van der Waals surface area contributed by atoms with Gasteiger partial charge < -0.3 is 14.2 Å². The normalized spacial score (nSPS) is 26.1. The van der Waals surface area contributed by atoms with Gasteiger partial charge in [0.05, 0.1) is 43.5 Å². The number of hydrogen-bond acceptors (Lipinski definition) is 6. The third kappa shape index (κ3) is 4.92. The smallest absolute Gasteiger partial charge is 0.329 e. The van der Waals surface area contributed by atoms with Crippen molar-refractivity contribution >= 4 is 34.5 Å². The van der Waals surface area contributed by atoms with E-state index in [4.69, 9.17) is 4.74 Å². The fourth-order valence-corrected chi connectivity index (χ4v) is 6.48. The van der Waals surface area contributed by atoms with Crippen molar-refractivity contribution in [2.75, 3.05) is 30.3 Å². The Bertz CT molecular complexity index is 1120.